The monoisotopic (exact) mass is 407 g/mol. The number of anilines is 1. The number of unbranched alkanes of at least 4 members (excludes halogenated alkanes) is 12. The lowest BCUT2D eigenvalue weighted by molar-refractivity contribution is 0.0693. The first-order valence-corrected chi connectivity index (χ1v) is 11.0. The van der Waals surface area contributed by atoms with Crippen LogP contribution in [-0.4, -0.2) is 28.9 Å². The van der Waals surface area contributed by atoms with E-state index in [1.165, 1.54) is 82.4 Å². The molecule has 0 bridgehead atoms. The molecule has 0 atom stereocenters. The van der Waals surface area contributed by atoms with Crippen molar-refractivity contribution < 1.29 is 24.5 Å². The van der Waals surface area contributed by atoms with Gasteiger partial charge in [-0.3, -0.25) is 5.32 Å². The van der Waals surface area contributed by atoms with Crippen LogP contribution in [0.4, 0.5) is 10.5 Å². The van der Waals surface area contributed by atoms with Crippen LogP contribution in [0, 0.1) is 0 Å². The number of para-hydroxylation sites is 1. The van der Waals surface area contributed by atoms with Crippen LogP contribution in [0.2, 0.25) is 0 Å². The summed E-state index contributed by atoms with van der Waals surface area (Å²) in [4.78, 5) is 22.7. The molecular weight excluding hydrogens is 370 g/mol. The summed E-state index contributed by atoms with van der Waals surface area (Å²) in [6, 6.07) is 4.14. The van der Waals surface area contributed by atoms with E-state index in [-0.39, 0.29) is 11.3 Å². The molecule has 1 aromatic carbocycles. The lowest BCUT2D eigenvalue weighted by atomic mass is 10.0. The Morgan fingerprint density at radius 2 is 1.38 bits per heavy atom. The van der Waals surface area contributed by atoms with Crippen molar-refractivity contribution in [3.63, 3.8) is 0 Å². The van der Waals surface area contributed by atoms with Crippen LogP contribution in [0.15, 0.2) is 18.2 Å². The van der Waals surface area contributed by atoms with Crippen molar-refractivity contribution in [1.29, 1.82) is 0 Å². The number of ether oxygens (including phenoxy) is 1. The van der Waals surface area contributed by atoms with E-state index in [1.54, 1.807) is 0 Å². The average Bonchev–Trinajstić information content (AvgIpc) is 2.69. The minimum atomic E-state index is -1.26. The van der Waals surface area contributed by atoms with Crippen molar-refractivity contribution in [2.45, 2.75) is 90.4 Å². The molecule has 6 nitrogen and oxygen atoms in total. The van der Waals surface area contributed by atoms with Crippen LogP contribution in [0.3, 0.4) is 0 Å². The molecule has 29 heavy (non-hydrogen) atoms. The van der Waals surface area contributed by atoms with Crippen molar-refractivity contribution in [2.75, 3.05) is 11.9 Å². The third-order valence-electron chi connectivity index (χ3n) is 4.98. The Morgan fingerprint density at radius 1 is 0.862 bits per heavy atom. The zero-order valence-corrected chi connectivity index (χ0v) is 17.8. The Balaban J connectivity index is 2.00. The molecule has 1 aromatic rings. The molecule has 6 heteroatoms. The molecular formula is C23H37NO5. The van der Waals surface area contributed by atoms with Gasteiger partial charge in [0, 0.05) is 0 Å². The first-order chi connectivity index (χ1) is 14.1. The summed E-state index contributed by atoms with van der Waals surface area (Å²) in [5, 5.41) is 21.2. The van der Waals surface area contributed by atoms with Crippen LogP contribution < -0.4 is 5.32 Å². The van der Waals surface area contributed by atoms with E-state index in [0.717, 1.165) is 19.3 Å². The second-order valence-electron chi connectivity index (χ2n) is 7.51. The molecule has 0 fully saturated rings. The molecule has 0 aliphatic heterocycles. The minimum Gasteiger partial charge on any atom is -0.505 e. The minimum absolute atomic E-state index is 0.0280. The van der Waals surface area contributed by atoms with Gasteiger partial charge in [-0.25, -0.2) is 9.59 Å². The average molecular weight is 408 g/mol. The number of benzene rings is 1. The number of hydrogen-bond acceptors (Lipinski definition) is 4. The number of amides is 1. The molecule has 164 valence electrons. The number of rotatable bonds is 16. The molecule has 1 amide bonds. The summed E-state index contributed by atoms with van der Waals surface area (Å²) in [5.41, 5.74) is -0.237. The second kappa shape index (κ2) is 15.7. The van der Waals surface area contributed by atoms with Crippen molar-refractivity contribution in [2.24, 2.45) is 0 Å². The highest BCUT2D eigenvalue weighted by Gasteiger charge is 2.14. The number of aromatic carboxylic acids is 1. The molecule has 0 aliphatic carbocycles. The molecule has 0 saturated heterocycles. The number of carboxylic acids is 1. The van der Waals surface area contributed by atoms with Gasteiger partial charge in [0.25, 0.3) is 0 Å². The number of phenols is 1. The van der Waals surface area contributed by atoms with Gasteiger partial charge >= 0.3 is 12.1 Å². The van der Waals surface area contributed by atoms with E-state index >= 15 is 0 Å². The van der Waals surface area contributed by atoms with E-state index in [2.05, 4.69) is 12.2 Å². The molecule has 0 spiro atoms. The van der Waals surface area contributed by atoms with Crippen molar-refractivity contribution in [3.8, 4) is 5.75 Å². The van der Waals surface area contributed by atoms with E-state index in [0.29, 0.717) is 6.61 Å². The standard InChI is InChI=1S/C23H37NO5/c1-2-3-4-5-6-7-8-9-10-11-12-13-14-18-29-23(28)24-20-17-15-16-19(21(20)25)22(26)27/h15-17,25H,2-14,18H2,1H3,(H,24,28)(H,26,27). The second-order valence-corrected chi connectivity index (χ2v) is 7.51. The summed E-state index contributed by atoms with van der Waals surface area (Å²) in [6.07, 6.45) is 15.6. The van der Waals surface area contributed by atoms with Gasteiger partial charge in [-0.2, -0.15) is 0 Å². The van der Waals surface area contributed by atoms with Crippen LogP contribution in [0.5, 0.6) is 5.75 Å². The SMILES string of the molecule is CCCCCCCCCCCCCCCOC(=O)Nc1cccc(C(=O)O)c1O. The third kappa shape index (κ3) is 11.4. The summed E-state index contributed by atoms with van der Waals surface area (Å²) in [5.74, 6) is -1.73. The Morgan fingerprint density at radius 3 is 1.90 bits per heavy atom. The Bertz CT molecular complexity index is 603. The molecule has 0 heterocycles. The zero-order chi connectivity index (χ0) is 21.3. The van der Waals surface area contributed by atoms with Crippen LogP contribution in [0.25, 0.3) is 0 Å². The maximum absolute atomic E-state index is 11.8. The summed E-state index contributed by atoms with van der Waals surface area (Å²) < 4.78 is 5.09. The highest BCUT2D eigenvalue weighted by atomic mass is 16.5. The molecule has 3 N–H and O–H groups in total. The van der Waals surface area contributed by atoms with Gasteiger partial charge in [0.1, 0.15) is 5.56 Å². The van der Waals surface area contributed by atoms with Gasteiger partial charge in [0.05, 0.1) is 12.3 Å². The maximum Gasteiger partial charge on any atom is 0.411 e. The molecule has 0 radical (unpaired) electrons. The largest absolute Gasteiger partial charge is 0.505 e. The lowest BCUT2D eigenvalue weighted by Gasteiger charge is -2.09. The zero-order valence-electron chi connectivity index (χ0n) is 17.8. The molecule has 0 unspecified atom stereocenters. The lowest BCUT2D eigenvalue weighted by Crippen LogP contribution is -2.15. The molecule has 0 aromatic heterocycles. The van der Waals surface area contributed by atoms with E-state index in [4.69, 9.17) is 9.84 Å². The maximum atomic E-state index is 11.8. The van der Waals surface area contributed by atoms with Gasteiger partial charge in [0.2, 0.25) is 0 Å². The number of carbonyl (C=O) groups is 2. The Kier molecular flexibility index (Phi) is 13.4. The van der Waals surface area contributed by atoms with E-state index < -0.39 is 17.8 Å². The molecule has 0 saturated carbocycles. The van der Waals surface area contributed by atoms with Crippen molar-refractivity contribution in [3.05, 3.63) is 23.8 Å². The third-order valence-corrected chi connectivity index (χ3v) is 4.98. The summed E-state index contributed by atoms with van der Waals surface area (Å²) >= 11 is 0. The fourth-order valence-electron chi connectivity index (χ4n) is 3.25. The molecule has 1 rings (SSSR count). The summed E-state index contributed by atoms with van der Waals surface area (Å²) in [6.45, 7) is 2.55. The fourth-order valence-corrected chi connectivity index (χ4v) is 3.25. The number of aromatic hydroxyl groups is 1. The number of hydrogen-bond donors (Lipinski definition) is 3. The number of nitrogens with one attached hydrogen (secondary N) is 1. The Labute approximate surface area is 174 Å². The first-order valence-electron chi connectivity index (χ1n) is 11.0. The fraction of sp³-hybridized carbons (Fsp3) is 0.652. The van der Waals surface area contributed by atoms with Gasteiger partial charge < -0.3 is 14.9 Å². The number of carboxylic acid groups (broad SMARTS) is 1. The van der Waals surface area contributed by atoms with Gasteiger partial charge in [-0.05, 0) is 18.6 Å². The van der Waals surface area contributed by atoms with Crippen LogP contribution in [-0.2, 0) is 4.74 Å². The highest BCUT2D eigenvalue weighted by molar-refractivity contribution is 5.96. The highest BCUT2D eigenvalue weighted by Crippen LogP contribution is 2.27. The van der Waals surface area contributed by atoms with Gasteiger partial charge in [-0.15, -0.1) is 0 Å². The van der Waals surface area contributed by atoms with Gasteiger partial charge in [0.15, 0.2) is 5.75 Å². The smallest absolute Gasteiger partial charge is 0.411 e. The van der Waals surface area contributed by atoms with Gasteiger partial charge in [-0.1, -0.05) is 90.0 Å². The Hall–Kier alpha value is -2.24. The summed E-state index contributed by atoms with van der Waals surface area (Å²) in [7, 11) is 0. The van der Waals surface area contributed by atoms with E-state index in [1.807, 2.05) is 0 Å². The quantitative estimate of drug-likeness (QED) is 0.208. The van der Waals surface area contributed by atoms with E-state index in [9.17, 15) is 14.7 Å². The number of carbonyl (C=O) groups excluding carboxylic acids is 1. The van der Waals surface area contributed by atoms with Crippen molar-refractivity contribution >= 4 is 17.7 Å². The topological polar surface area (TPSA) is 95.9 Å². The van der Waals surface area contributed by atoms with Crippen LogP contribution in [0.1, 0.15) is 101 Å². The van der Waals surface area contributed by atoms with Crippen molar-refractivity contribution in [1.82, 2.24) is 0 Å². The predicted octanol–water partition coefficient (Wildman–Crippen LogP) is 6.73. The predicted molar refractivity (Wildman–Crippen MR) is 116 cm³/mol. The molecule has 0 aliphatic rings. The first kappa shape index (κ1) is 24.8. The van der Waals surface area contributed by atoms with Crippen LogP contribution >= 0.6 is 0 Å². The normalized spacial score (nSPS) is 10.7.